The minimum absolute atomic E-state index is 0.190. The third-order valence-corrected chi connectivity index (χ3v) is 6.77. The van der Waals surface area contributed by atoms with Gasteiger partial charge < -0.3 is 14.4 Å². The number of esters is 1. The van der Waals surface area contributed by atoms with Crippen molar-refractivity contribution in [2.75, 3.05) is 19.4 Å². The fourth-order valence-corrected chi connectivity index (χ4v) is 4.69. The van der Waals surface area contributed by atoms with Crippen LogP contribution in [0.15, 0.2) is 90.1 Å². The van der Waals surface area contributed by atoms with Gasteiger partial charge in [-0.1, -0.05) is 30.3 Å². The zero-order valence-corrected chi connectivity index (χ0v) is 22.9. The van der Waals surface area contributed by atoms with Crippen molar-refractivity contribution in [2.45, 2.75) is 25.0 Å². The number of halogens is 2. The maximum atomic E-state index is 13.9. The predicted octanol–water partition coefficient (Wildman–Crippen LogP) is 6.53. The molecule has 4 rings (SSSR count). The van der Waals surface area contributed by atoms with Crippen LogP contribution in [0.4, 0.5) is 8.78 Å². The molecule has 1 heterocycles. The zero-order chi connectivity index (χ0) is 28.5. The summed E-state index contributed by atoms with van der Waals surface area (Å²) in [7, 11) is 0. The van der Waals surface area contributed by atoms with E-state index in [1.54, 1.807) is 67.8 Å². The number of ether oxygens (including phenoxy) is 2. The summed E-state index contributed by atoms with van der Waals surface area (Å²) < 4.78 is 38.5. The fourth-order valence-electron chi connectivity index (χ4n) is 4.07. The van der Waals surface area contributed by atoms with Gasteiger partial charge in [-0.15, -0.1) is 11.8 Å². The molecule has 0 aliphatic heterocycles. The Labute approximate surface area is 236 Å². The Morgan fingerprint density at radius 3 is 2.40 bits per heavy atom. The number of rotatable bonds is 11. The number of carbonyl (C=O) groups excluding carboxylic acids is 2. The van der Waals surface area contributed by atoms with E-state index in [1.165, 1.54) is 28.8 Å². The van der Waals surface area contributed by atoms with E-state index in [0.29, 0.717) is 21.8 Å². The summed E-state index contributed by atoms with van der Waals surface area (Å²) in [6, 6.07) is 20.1. The summed E-state index contributed by atoms with van der Waals surface area (Å²) in [4.78, 5) is 31.7. The van der Waals surface area contributed by atoms with E-state index >= 15 is 0 Å². The van der Waals surface area contributed by atoms with Gasteiger partial charge in [0.25, 0.3) is 5.91 Å². The van der Waals surface area contributed by atoms with Crippen molar-refractivity contribution in [3.63, 3.8) is 0 Å². The molecule has 0 N–H and O–H groups in total. The molecule has 0 atom stereocenters. The Balaban J connectivity index is 1.46. The van der Waals surface area contributed by atoms with Crippen molar-refractivity contribution in [3.8, 4) is 16.9 Å². The summed E-state index contributed by atoms with van der Waals surface area (Å²) in [6.07, 6.45) is 5.10. The average molecular weight is 563 g/mol. The van der Waals surface area contributed by atoms with Crippen molar-refractivity contribution in [3.05, 3.63) is 114 Å². The quantitative estimate of drug-likeness (QED) is 0.153. The molecule has 9 heteroatoms. The maximum absolute atomic E-state index is 13.9. The van der Waals surface area contributed by atoms with Gasteiger partial charge in [0, 0.05) is 29.4 Å². The van der Waals surface area contributed by atoms with Crippen LogP contribution in [0.25, 0.3) is 11.1 Å². The maximum Gasteiger partial charge on any atom is 0.325 e. The van der Waals surface area contributed by atoms with Crippen LogP contribution in [0.1, 0.15) is 28.4 Å². The molecule has 0 aliphatic carbocycles. The van der Waals surface area contributed by atoms with Gasteiger partial charge in [-0.2, -0.15) is 0 Å². The number of amides is 1. The molecular formula is C31H28F2N2O4S. The zero-order valence-electron chi connectivity index (χ0n) is 22.1. The third kappa shape index (κ3) is 7.45. The highest BCUT2D eigenvalue weighted by molar-refractivity contribution is 7.98. The van der Waals surface area contributed by atoms with Gasteiger partial charge in [0.1, 0.15) is 18.9 Å². The molecule has 3 aromatic carbocycles. The Hall–Kier alpha value is -4.24. The number of hydrogen-bond donors (Lipinski definition) is 0. The Morgan fingerprint density at radius 1 is 0.950 bits per heavy atom. The van der Waals surface area contributed by atoms with Crippen molar-refractivity contribution in [2.24, 2.45) is 0 Å². The number of carbonyl (C=O) groups is 2. The van der Waals surface area contributed by atoms with Gasteiger partial charge in [-0.05, 0) is 77.9 Å². The molecule has 0 fully saturated rings. The normalized spacial score (nSPS) is 10.7. The van der Waals surface area contributed by atoms with Crippen LogP contribution in [0.5, 0.6) is 5.75 Å². The lowest BCUT2D eigenvalue weighted by Crippen LogP contribution is -2.36. The standard InChI is InChI=1S/C31H28F2N2O4S/c1-3-38-30(36)19-35(18-22-7-5-13-34-17-22)31(37)24-8-4-6-21(14-24)20-39-25-11-9-23(10-12-25)26-15-27(32)28(33)16-29(26)40-2/h4-17H,3,18-20H2,1-2H3. The van der Waals surface area contributed by atoms with Crippen molar-refractivity contribution < 1.29 is 27.8 Å². The summed E-state index contributed by atoms with van der Waals surface area (Å²) in [6.45, 7) is 2.15. The van der Waals surface area contributed by atoms with Crippen LogP contribution in [0.2, 0.25) is 0 Å². The van der Waals surface area contributed by atoms with Crippen LogP contribution in [-0.2, 0) is 22.7 Å². The molecule has 6 nitrogen and oxygen atoms in total. The lowest BCUT2D eigenvalue weighted by molar-refractivity contribution is -0.143. The molecule has 0 spiro atoms. The lowest BCUT2D eigenvalue weighted by atomic mass is 10.1. The van der Waals surface area contributed by atoms with Crippen LogP contribution < -0.4 is 4.74 Å². The average Bonchev–Trinajstić information content (AvgIpc) is 2.97. The number of thioether (sulfide) groups is 1. The summed E-state index contributed by atoms with van der Waals surface area (Å²) in [5.41, 5.74) is 3.29. The van der Waals surface area contributed by atoms with Gasteiger partial charge in [-0.25, -0.2) is 8.78 Å². The second-order valence-electron chi connectivity index (χ2n) is 8.81. The van der Waals surface area contributed by atoms with Gasteiger partial charge >= 0.3 is 5.97 Å². The van der Waals surface area contributed by atoms with E-state index in [0.717, 1.165) is 16.7 Å². The fraction of sp³-hybridized carbons (Fsp3) is 0.194. The first kappa shape index (κ1) is 28.8. The Bertz CT molecular complexity index is 1470. The molecule has 0 saturated carbocycles. The van der Waals surface area contributed by atoms with E-state index in [4.69, 9.17) is 9.47 Å². The molecular weight excluding hydrogens is 534 g/mol. The van der Waals surface area contributed by atoms with E-state index in [2.05, 4.69) is 4.98 Å². The monoisotopic (exact) mass is 562 g/mol. The smallest absolute Gasteiger partial charge is 0.325 e. The number of aromatic nitrogens is 1. The second-order valence-corrected chi connectivity index (χ2v) is 9.66. The van der Waals surface area contributed by atoms with Gasteiger partial charge in [0.15, 0.2) is 11.6 Å². The minimum Gasteiger partial charge on any atom is -0.489 e. The molecule has 0 saturated heterocycles. The highest BCUT2D eigenvalue weighted by Gasteiger charge is 2.20. The molecule has 40 heavy (non-hydrogen) atoms. The van der Waals surface area contributed by atoms with E-state index in [1.807, 2.05) is 18.4 Å². The number of benzene rings is 3. The van der Waals surface area contributed by atoms with Gasteiger partial charge in [0.05, 0.1) is 6.61 Å². The number of nitrogens with zero attached hydrogens (tertiary/aromatic N) is 2. The van der Waals surface area contributed by atoms with Crippen molar-refractivity contribution in [1.29, 1.82) is 0 Å². The van der Waals surface area contributed by atoms with E-state index < -0.39 is 17.6 Å². The number of hydrogen-bond acceptors (Lipinski definition) is 6. The highest BCUT2D eigenvalue weighted by atomic mass is 32.2. The highest BCUT2D eigenvalue weighted by Crippen LogP contribution is 2.33. The molecule has 0 bridgehead atoms. The first-order valence-corrected chi connectivity index (χ1v) is 13.8. The van der Waals surface area contributed by atoms with Crippen LogP contribution in [-0.4, -0.2) is 41.2 Å². The molecule has 1 amide bonds. The first-order valence-electron chi connectivity index (χ1n) is 12.6. The summed E-state index contributed by atoms with van der Waals surface area (Å²) >= 11 is 1.34. The van der Waals surface area contributed by atoms with E-state index in [9.17, 15) is 18.4 Å². The molecule has 4 aromatic rings. The molecule has 0 radical (unpaired) electrons. The molecule has 0 aliphatic rings. The molecule has 1 aromatic heterocycles. The van der Waals surface area contributed by atoms with Crippen molar-refractivity contribution in [1.82, 2.24) is 9.88 Å². The molecule has 0 unspecified atom stereocenters. The van der Waals surface area contributed by atoms with Crippen LogP contribution >= 0.6 is 11.8 Å². The van der Waals surface area contributed by atoms with Gasteiger partial charge in [-0.3, -0.25) is 14.6 Å². The largest absolute Gasteiger partial charge is 0.489 e. The molecule has 206 valence electrons. The van der Waals surface area contributed by atoms with Gasteiger partial charge in [0.2, 0.25) is 0 Å². The topological polar surface area (TPSA) is 68.7 Å². The van der Waals surface area contributed by atoms with Crippen LogP contribution in [0, 0.1) is 11.6 Å². The lowest BCUT2D eigenvalue weighted by Gasteiger charge is -2.22. The first-order chi connectivity index (χ1) is 19.4. The SMILES string of the molecule is CCOC(=O)CN(Cc1cccnc1)C(=O)c1cccc(COc2ccc(-c3cc(F)c(F)cc3SC)cc2)c1. The summed E-state index contributed by atoms with van der Waals surface area (Å²) in [5, 5.41) is 0. The second kappa shape index (κ2) is 13.7. The number of pyridine rings is 1. The van der Waals surface area contributed by atoms with Crippen LogP contribution in [0.3, 0.4) is 0 Å². The summed E-state index contributed by atoms with van der Waals surface area (Å²) in [5.74, 6) is -2.01. The van der Waals surface area contributed by atoms with E-state index in [-0.39, 0.29) is 32.2 Å². The predicted molar refractivity (Wildman–Crippen MR) is 150 cm³/mol. The Kier molecular flexibility index (Phi) is 9.86. The Morgan fingerprint density at radius 2 is 1.70 bits per heavy atom. The third-order valence-electron chi connectivity index (χ3n) is 6.00. The van der Waals surface area contributed by atoms with Crippen molar-refractivity contribution >= 4 is 23.6 Å². The minimum atomic E-state index is -0.899.